The largest absolute Gasteiger partial charge is 0.494 e. The number of hydrogen-bond acceptors (Lipinski definition) is 4. The molecule has 6 heteroatoms. The van der Waals surface area contributed by atoms with E-state index >= 15 is 0 Å². The van der Waals surface area contributed by atoms with E-state index in [0.717, 1.165) is 30.2 Å². The first-order valence-electron chi connectivity index (χ1n) is 7.09. The lowest BCUT2D eigenvalue weighted by Crippen LogP contribution is -2.33. The average molecular weight is 333 g/mol. The van der Waals surface area contributed by atoms with Gasteiger partial charge < -0.3 is 15.4 Å². The number of halogens is 1. The highest BCUT2D eigenvalue weighted by Gasteiger charge is 2.02. The zero-order chi connectivity index (χ0) is 14.6. The molecule has 1 aromatic rings. The molecular weight excluding hydrogens is 308 g/mol. The fourth-order valence-corrected chi connectivity index (χ4v) is 2.32. The first-order chi connectivity index (χ1) is 9.76. The molecule has 0 radical (unpaired) electrons. The number of ether oxygens (including phenoxy) is 1. The molecule has 0 atom stereocenters. The summed E-state index contributed by atoms with van der Waals surface area (Å²) in [5, 5.41) is 6.14. The lowest BCUT2D eigenvalue weighted by atomic mass is 10.3. The third-order valence-corrected chi connectivity index (χ3v) is 3.57. The molecule has 1 rings (SSSR count). The van der Waals surface area contributed by atoms with Crippen molar-refractivity contribution in [1.29, 1.82) is 0 Å². The summed E-state index contributed by atoms with van der Waals surface area (Å²) < 4.78 is 5.38. The van der Waals surface area contributed by atoms with Gasteiger partial charge in [-0.05, 0) is 44.2 Å². The van der Waals surface area contributed by atoms with E-state index in [1.54, 1.807) is 0 Å². The van der Waals surface area contributed by atoms with Crippen LogP contribution >= 0.6 is 24.2 Å². The van der Waals surface area contributed by atoms with Gasteiger partial charge in [0.15, 0.2) is 0 Å². The highest BCUT2D eigenvalue weighted by molar-refractivity contribution is 8.00. The highest BCUT2D eigenvalue weighted by atomic mass is 35.5. The van der Waals surface area contributed by atoms with Gasteiger partial charge in [0.05, 0.1) is 12.4 Å². The number of nitrogens with one attached hydrogen (secondary N) is 2. The van der Waals surface area contributed by atoms with Crippen LogP contribution in [0.5, 0.6) is 5.75 Å². The van der Waals surface area contributed by atoms with Crippen molar-refractivity contribution in [3.63, 3.8) is 0 Å². The van der Waals surface area contributed by atoms with Gasteiger partial charge in [-0.1, -0.05) is 6.92 Å². The standard InChI is InChI=1S/C15H24N2O2S.ClH/c1-3-9-16-10-11-17-15(18)12-20-14-7-5-13(6-8-14)19-4-2;/h5-8,16H,3-4,9-12H2,1-2H3,(H,17,18);1H. The summed E-state index contributed by atoms with van der Waals surface area (Å²) in [6.45, 7) is 7.26. The van der Waals surface area contributed by atoms with Gasteiger partial charge >= 0.3 is 0 Å². The van der Waals surface area contributed by atoms with Gasteiger partial charge in [0, 0.05) is 18.0 Å². The van der Waals surface area contributed by atoms with Crippen molar-refractivity contribution in [3.05, 3.63) is 24.3 Å². The van der Waals surface area contributed by atoms with Crippen LogP contribution in [0.3, 0.4) is 0 Å². The first-order valence-corrected chi connectivity index (χ1v) is 8.08. The van der Waals surface area contributed by atoms with Crippen LogP contribution in [0.15, 0.2) is 29.2 Å². The van der Waals surface area contributed by atoms with Crippen molar-refractivity contribution in [3.8, 4) is 5.75 Å². The molecule has 0 heterocycles. The number of carbonyl (C=O) groups is 1. The molecule has 0 aromatic heterocycles. The van der Waals surface area contributed by atoms with E-state index in [4.69, 9.17) is 4.74 Å². The molecule has 0 aliphatic heterocycles. The average Bonchev–Trinajstić information content (AvgIpc) is 2.47. The Morgan fingerprint density at radius 3 is 2.48 bits per heavy atom. The molecule has 120 valence electrons. The summed E-state index contributed by atoms with van der Waals surface area (Å²) in [6, 6.07) is 7.81. The molecular formula is C15H25ClN2O2S. The van der Waals surface area contributed by atoms with Gasteiger partial charge in [-0.2, -0.15) is 0 Å². The Morgan fingerprint density at radius 1 is 1.14 bits per heavy atom. The van der Waals surface area contributed by atoms with Crippen LogP contribution in [0.2, 0.25) is 0 Å². The Kier molecular flexibility index (Phi) is 12.2. The molecule has 0 aliphatic carbocycles. The molecule has 0 spiro atoms. The van der Waals surface area contributed by atoms with Gasteiger partial charge in [-0.15, -0.1) is 24.2 Å². The predicted octanol–water partition coefficient (Wildman–Crippen LogP) is 2.72. The van der Waals surface area contributed by atoms with Crippen molar-refractivity contribution in [2.24, 2.45) is 0 Å². The maximum absolute atomic E-state index is 11.6. The van der Waals surface area contributed by atoms with Crippen LogP contribution in [0.25, 0.3) is 0 Å². The van der Waals surface area contributed by atoms with Gasteiger partial charge in [-0.3, -0.25) is 4.79 Å². The molecule has 1 amide bonds. The summed E-state index contributed by atoms with van der Waals surface area (Å²) in [6.07, 6.45) is 1.11. The normalized spacial score (nSPS) is 9.81. The van der Waals surface area contributed by atoms with Gasteiger partial charge in [0.2, 0.25) is 5.91 Å². The smallest absolute Gasteiger partial charge is 0.230 e. The van der Waals surface area contributed by atoms with Crippen LogP contribution in [-0.2, 0) is 4.79 Å². The van der Waals surface area contributed by atoms with Crippen molar-refractivity contribution in [2.75, 3.05) is 32.0 Å². The van der Waals surface area contributed by atoms with E-state index < -0.39 is 0 Å². The third-order valence-electron chi connectivity index (χ3n) is 2.56. The van der Waals surface area contributed by atoms with E-state index in [1.165, 1.54) is 11.8 Å². The number of rotatable bonds is 10. The SMILES string of the molecule is CCCNCCNC(=O)CSc1ccc(OCC)cc1.Cl. The number of hydrogen-bond donors (Lipinski definition) is 2. The van der Waals surface area contributed by atoms with Gasteiger partial charge in [0.25, 0.3) is 0 Å². The highest BCUT2D eigenvalue weighted by Crippen LogP contribution is 2.21. The molecule has 0 aliphatic rings. The first kappa shape index (κ1) is 20.1. The van der Waals surface area contributed by atoms with E-state index in [1.807, 2.05) is 31.2 Å². The van der Waals surface area contributed by atoms with E-state index in [2.05, 4.69) is 17.6 Å². The van der Waals surface area contributed by atoms with Crippen LogP contribution < -0.4 is 15.4 Å². The maximum Gasteiger partial charge on any atom is 0.230 e. The molecule has 0 bridgehead atoms. The molecule has 0 fully saturated rings. The zero-order valence-corrected chi connectivity index (χ0v) is 14.3. The third kappa shape index (κ3) is 9.61. The second-order valence-corrected chi connectivity index (χ2v) is 5.34. The van der Waals surface area contributed by atoms with Crippen LogP contribution in [0.1, 0.15) is 20.3 Å². The predicted molar refractivity (Wildman–Crippen MR) is 91.8 cm³/mol. The van der Waals surface area contributed by atoms with Crippen molar-refractivity contribution < 1.29 is 9.53 Å². The van der Waals surface area contributed by atoms with Crippen LogP contribution in [0, 0.1) is 0 Å². The monoisotopic (exact) mass is 332 g/mol. The second kappa shape index (κ2) is 12.8. The fourth-order valence-electron chi connectivity index (χ4n) is 1.59. The van der Waals surface area contributed by atoms with E-state index in [-0.39, 0.29) is 18.3 Å². The molecule has 4 nitrogen and oxygen atoms in total. The summed E-state index contributed by atoms with van der Waals surface area (Å²) in [7, 11) is 0. The van der Waals surface area contributed by atoms with Crippen LogP contribution in [-0.4, -0.2) is 37.9 Å². The zero-order valence-electron chi connectivity index (χ0n) is 12.7. The Hall–Kier alpha value is -0.910. The molecule has 0 unspecified atom stereocenters. The summed E-state index contributed by atoms with van der Waals surface area (Å²) in [4.78, 5) is 12.7. The summed E-state index contributed by atoms with van der Waals surface area (Å²) >= 11 is 1.54. The summed E-state index contributed by atoms with van der Waals surface area (Å²) in [5.74, 6) is 1.38. The number of carbonyl (C=O) groups excluding carboxylic acids is 1. The lowest BCUT2D eigenvalue weighted by molar-refractivity contribution is -0.118. The minimum absolute atomic E-state index is 0. The molecule has 0 saturated heterocycles. The Bertz CT molecular complexity index is 388. The quantitative estimate of drug-likeness (QED) is 0.511. The Balaban J connectivity index is 0.00000400. The Morgan fingerprint density at radius 2 is 1.86 bits per heavy atom. The van der Waals surface area contributed by atoms with Crippen molar-refractivity contribution in [2.45, 2.75) is 25.2 Å². The number of amides is 1. The van der Waals surface area contributed by atoms with Crippen molar-refractivity contribution >= 4 is 30.1 Å². The molecule has 1 aromatic carbocycles. The van der Waals surface area contributed by atoms with Crippen molar-refractivity contribution in [1.82, 2.24) is 10.6 Å². The molecule has 0 saturated carbocycles. The van der Waals surface area contributed by atoms with Gasteiger partial charge in [0.1, 0.15) is 5.75 Å². The molecule has 2 N–H and O–H groups in total. The fraction of sp³-hybridized carbons (Fsp3) is 0.533. The van der Waals surface area contributed by atoms with Gasteiger partial charge in [-0.25, -0.2) is 0 Å². The second-order valence-electron chi connectivity index (χ2n) is 4.29. The maximum atomic E-state index is 11.6. The number of benzene rings is 1. The molecule has 21 heavy (non-hydrogen) atoms. The lowest BCUT2D eigenvalue weighted by Gasteiger charge is -2.07. The Labute approximate surface area is 137 Å². The number of thioether (sulfide) groups is 1. The minimum Gasteiger partial charge on any atom is -0.494 e. The minimum atomic E-state index is 0. The van der Waals surface area contributed by atoms with Crippen LogP contribution in [0.4, 0.5) is 0 Å². The topological polar surface area (TPSA) is 50.4 Å². The van der Waals surface area contributed by atoms with E-state index in [9.17, 15) is 4.79 Å². The van der Waals surface area contributed by atoms with E-state index in [0.29, 0.717) is 18.9 Å². The summed E-state index contributed by atoms with van der Waals surface area (Å²) in [5.41, 5.74) is 0.